The minimum Gasteiger partial charge on any atom is -0.361 e. The summed E-state index contributed by atoms with van der Waals surface area (Å²) in [5.41, 5.74) is 1.23. The zero-order chi connectivity index (χ0) is 20.6. The Morgan fingerprint density at radius 1 is 1.39 bits per heavy atom. The Kier molecular flexibility index (Phi) is 5.14. The van der Waals surface area contributed by atoms with Gasteiger partial charge in [-0.1, -0.05) is 16.8 Å². The minimum atomic E-state index is -0.608. The molecule has 2 heterocycles. The van der Waals surface area contributed by atoms with Crippen LogP contribution in [-0.4, -0.2) is 25.8 Å². The van der Waals surface area contributed by atoms with E-state index in [1.165, 1.54) is 23.7 Å². The molecule has 28 heavy (non-hydrogen) atoms. The summed E-state index contributed by atoms with van der Waals surface area (Å²) < 4.78 is 19.8. The molecule has 3 rings (SSSR count). The van der Waals surface area contributed by atoms with E-state index in [9.17, 15) is 19.3 Å². The first-order valence-electron chi connectivity index (χ1n) is 8.09. The lowest BCUT2D eigenvalue weighted by molar-refractivity contribution is -0.386. The van der Waals surface area contributed by atoms with E-state index in [0.717, 1.165) is 6.07 Å². The van der Waals surface area contributed by atoms with Crippen molar-refractivity contribution in [3.63, 3.8) is 0 Å². The number of aryl methyl sites for hydroxylation is 2. The first kappa shape index (κ1) is 19.5. The molecule has 0 radical (unpaired) electrons. The molecule has 0 saturated heterocycles. The molecule has 1 aromatic carbocycles. The van der Waals surface area contributed by atoms with Crippen molar-refractivity contribution >= 4 is 28.9 Å². The molecule has 2 aromatic heterocycles. The molecule has 0 aliphatic heterocycles. The third-order valence-corrected chi connectivity index (χ3v) is 4.50. The van der Waals surface area contributed by atoms with Gasteiger partial charge in [0, 0.05) is 11.3 Å². The van der Waals surface area contributed by atoms with Crippen LogP contribution < -0.4 is 5.32 Å². The van der Waals surface area contributed by atoms with Gasteiger partial charge in [-0.25, -0.2) is 4.39 Å². The predicted octanol–water partition coefficient (Wildman–Crippen LogP) is 3.80. The Labute approximate surface area is 163 Å². The van der Waals surface area contributed by atoms with Crippen LogP contribution in [0.2, 0.25) is 5.02 Å². The van der Waals surface area contributed by atoms with Gasteiger partial charge in [-0.3, -0.25) is 19.6 Å². The summed E-state index contributed by atoms with van der Waals surface area (Å²) in [6, 6.07) is 3.75. The van der Waals surface area contributed by atoms with Crippen LogP contribution in [0.4, 0.5) is 15.8 Å². The van der Waals surface area contributed by atoms with Gasteiger partial charge in [-0.2, -0.15) is 5.10 Å². The maximum atomic E-state index is 13.3. The second kappa shape index (κ2) is 7.39. The monoisotopic (exact) mass is 407 g/mol. The first-order chi connectivity index (χ1) is 13.2. The number of nitrogens with zero attached hydrogens (tertiary/aromatic N) is 4. The Bertz CT molecular complexity index is 1090. The molecular formula is C17H15ClFN5O4. The van der Waals surface area contributed by atoms with Gasteiger partial charge in [0.05, 0.1) is 16.5 Å². The summed E-state index contributed by atoms with van der Waals surface area (Å²) in [4.78, 5) is 23.3. The standard InChI is InChI=1S/C17H15ClFN5O4/c1-8-16(24(26)27)9(2)23(21-8)7-12-10(3)28-22-15(12)17(25)20-11-4-5-14(19)13(18)6-11/h4-6H,7H2,1-3H3,(H,20,25). The number of anilines is 1. The molecule has 146 valence electrons. The number of nitrogens with one attached hydrogen (secondary N) is 1. The Hall–Kier alpha value is -3.27. The fourth-order valence-electron chi connectivity index (χ4n) is 2.78. The van der Waals surface area contributed by atoms with Crippen molar-refractivity contribution < 1.29 is 18.6 Å². The van der Waals surface area contributed by atoms with Crippen LogP contribution in [0.1, 0.15) is 33.2 Å². The maximum absolute atomic E-state index is 13.3. The van der Waals surface area contributed by atoms with Crippen LogP contribution >= 0.6 is 11.6 Å². The van der Waals surface area contributed by atoms with E-state index in [-0.39, 0.29) is 34.3 Å². The average molecular weight is 408 g/mol. The molecular weight excluding hydrogens is 393 g/mol. The molecule has 0 aliphatic carbocycles. The Morgan fingerprint density at radius 3 is 2.71 bits per heavy atom. The Morgan fingerprint density at radius 2 is 2.11 bits per heavy atom. The number of nitro groups is 1. The van der Waals surface area contributed by atoms with Gasteiger partial charge in [0.15, 0.2) is 5.69 Å². The van der Waals surface area contributed by atoms with Crippen molar-refractivity contribution in [2.24, 2.45) is 0 Å². The second-order valence-electron chi connectivity index (χ2n) is 6.08. The van der Waals surface area contributed by atoms with Gasteiger partial charge in [-0.05, 0) is 39.0 Å². The molecule has 1 amide bonds. The van der Waals surface area contributed by atoms with Crippen LogP contribution in [0.5, 0.6) is 0 Å². The van der Waals surface area contributed by atoms with Gasteiger partial charge < -0.3 is 9.84 Å². The third kappa shape index (κ3) is 3.58. The van der Waals surface area contributed by atoms with Crippen molar-refractivity contribution in [1.29, 1.82) is 0 Å². The van der Waals surface area contributed by atoms with Crippen molar-refractivity contribution in [1.82, 2.24) is 14.9 Å². The van der Waals surface area contributed by atoms with E-state index in [4.69, 9.17) is 16.1 Å². The highest BCUT2D eigenvalue weighted by molar-refractivity contribution is 6.31. The molecule has 0 atom stereocenters. The largest absolute Gasteiger partial charge is 0.361 e. The van der Waals surface area contributed by atoms with Gasteiger partial charge in [-0.15, -0.1) is 0 Å². The number of hydrogen-bond acceptors (Lipinski definition) is 6. The van der Waals surface area contributed by atoms with Gasteiger partial charge >= 0.3 is 5.69 Å². The zero-order valence-electron chi connectivity index (χ0n) is 15.1. The highest BCUT2D eigenvalue weighted by Crippen LogP contribution is 2.25. The number of carbonyl (C=O) groups excluding carboxylic acids is 1. The van der Waals surface area contributed by atoms with Crippen LogP contribution in [0.15, 0.2) is 22.7 Å². The van der Waals surface area contributed by atoms with Gasteiger partial charge in [0.2, 0.25) is 0 Å². The third-order valence-electron chi connectivity index (χ3n) is 4.21. The summed E-state index contributed by atoms with van der Waals surface area (Å²) in [6.07, 6.45) is 0. The molecule has 0 unspecified atom stereocenters. The normalized spacial score (nSPS) is 10.9. The lowest BCUT2D eigenvalue weighted by Gasteiger charge is -2.07. The number of benzene rings is 1. The van der Waals surface area contributed by atoms with Crippen LogP contribution in [0, 0.1) is 36.7 Å². The van der Waals surface area contributed by atoms with E-state index in [0.29, 0.717) is 17.0 Å². The lowest BCUT2D eigenvalue weighted by Crippen LogP contribution is -2.16. The topological polar surface area (TPSA) is 116 Å². The molecule has 3 aromatic rings. The predicted molar refractivity (Wildman–Crippen MR) is 98.1 cm³/mol. The number of halogens is 2. The number of rotatable bonds is 5. The highest BCUT2D eigenvalue weighted by Gasteiger charge is 2.25. The smallest absolute Gasteiger partial charge is 0.312 e. The van der Waals surface area contributed by atoms with E-state index < -0.39 is 16.6 Å². The summed E-state index contributed by atoms with van der Waals surface area (Å²) in [6.45, 7) is 4.78. The second-order valence-corrected chi connectivity index (χ2v) is 6.49. The van der Waals surface area contributed by atoms with Gasteiger partial charge in [0.25, 0.3) is 5.91 Å². The van der Waals surface area contributed by atoms with E-state index >= 15 is 0 Å². The molecule has 11 heteroatoms. The molecule has 0 aliphatic rings. The van der Waals surface area contributed by atoms with Crippen molar-refractivity contribution in [2.45, 2.75) is 27.3 Å². The first-order valence-corrected chi connectivity index (χ1v) is 8.46. The summed E-state index contributed by atoms with van der Waals surface area (Å²) in [7, 11) is 0. The molecule has 0 fully saturated rings. The fraction of sp³-hybridized carbons (Fsp3) is 0.235. The van der Waals surface area contributed by atoms with E-state index in [1.54, 1.807) is 13.8 Å². The Balaban J connectivity index is 1.90. The lowest BCUT2D eigenvalue weighted by atomic mass is 10.1. The fourth-order valence-corrected chi connectivity index (χ4v) is 2.96. The minimum absolute atomic E-state index is 0.00634. The quantitative estimate of drug-likeness (QED) is 0.508. The summed E-state index contributed by atoms with van der Waals surface area (Å²) >= 11 is 5.72. The number of amides is 1. The van der Waals surface area contributed by atoms with E-state index in [2.05, 4.69) is 15.6 Å². The molecule has 1 N–H and O–H groups in total. The van der Waals surface area contributed by atoms with Crippen LogP contribution in [0.3, 0.4) is 0 Å². The van der Waals surface area contributed by atoms with Gasteiger partial charge in [0.1, 0.15) is 23.0 Å². The SMILES string of the molecule is Cc1nn(Cc2c(C(=O)Nc3ccc(F)c(Cl)c3)noc2C)c(C)c1[N+](=O)[O-]. The number of aromatic nitrogens is 3. The molecule has 0 bridgehead atoms. The van der Waals surface area contributed by atoms with E-state index in [1.807, 2.05) is 0 Å². The molecule has 0 spiro atoms. The maximum Gasteiger partial charge on any atom is 0.312 e. The average Bonchev–Trinajstić information content (AvgIpc) is 3.11. The zero-order valence-corrected chi connectivity index (χ0v) is 15.9. The molecule has 0 saturated carbocycles. The summed E-state index contributed by atoms with van der Waals surface area (Å²) in [5.74, 6) is -0.827. The summed E-state index contributed by atoms with van der Waals surface area (Å²) in [5, 5.41) is 21.5. The van der Waals surface area contributed by atoms with Crippen molar-refractivity contribution in [2.75, 3.05) is 5.32 Å². The number of hydrogen-bond donors (Lipinski definition) is 1. The highest BCUT2D eigenvalue weighted by atomic mass is 35.5. The van der Waals surface area contributed by atoms with Crippen molar-refractivity contribution in [3.05, 3.63) is 67.6 Å². The van der Waals surface area contributed by atoms with Crippen LogP contribution in [-0.2, 0) is 6.54 Å². The molecule has 9 nitrogen and oxygen atoms in total. The van der Waals surface area contributed by atoms with Crippen LogP contribution in [0.25, 0.3) is 0 Å². The number of carbonyl (C=O) groups is 1. The van der Waals surface area contributed by atoms with Crippen molar-refractivity contribution in [3.8, 4) is 0 Å².